The van der Waals surface area contributed by atoms with E-state index < -0.39 is 23.2 Å². The van der Waals surface area contributed by atoms with Gasteiger partial charge in [0.1, 0.15) is 17.1 Å². The summed E-state index contributed by atoms with van der Waals surface area (Å²) in [5, 5.41) is 2.86. The molecule has 0 atom stereocenters. The number of ether oxygens (including phenoxy) is 2. The lowest BCUT2D eigenvalue weighted by Gasteiger charge is -2.41. The number of likely N-dealkylation sites (tertiary alicyclic amines) is 1. The molecule has 0 saturated carbocycles. The number of carbonyl (C=O) groups is 2. The minimum Gasteiger partial charge on any atom is -0.497 e. The van der Waals surface area contributed by atoms with Crippen molar-refractivity contribution in [3.8, 4) is 11.5 Å². The van der Waals surface area contributed by atoms with Crippen LogP contribution in [0.5, 0.6) is 11.5 Å². The van der Waals surface area contributed by atoms with Gasteiger partial charge in [0.2, 0.25) is 0 Å². The van der Waals surface area contributed by atoms with Crippen molar-refractivity contribution in [1.29, 1.82) is 0 Å². The van der Waals surface area contributed by atoms with Gasteiger partial charge in [-0.1, -0.05) is 6.07 Å². The van der Waals surface area contributed by atoms with Crippen molar-refractivity contribution in [2.45, 2.75) is 24.6 Å². The lowest BCUT2D eigenvalue weighted by molar-refractivity contribution is -0.137. The van der Waals surface area contributed by atoms with E-state index >= 15 is 0 Å². The van der Waals surface area contributed by atoms with Crippen LogP contribution in [-0.2, 0) is 6.18 Å². The summed E-state index contributed by atoms with van der Waals surface area (Å²) in [5.41, 5.74) is -1.18. The van der Waals surface area contributed by atoms with Crippen molar-refractivity contribution in [2.24, 2.45) is 0 Å². The molecule has 164 valence electrons. The SMILES string of the molecule is COc1ccc2c(c1)C(=O)NCC1(CCN(C(=O)c3cccc(C(F)(F)F)c3)CC1)O2. The van der Waals surface area contributed by atoms with Gasteiger partial charge in [-0.25, -0.2) is 0 Å². The van der Waals surface area contributed by atoms with Crippen molar-refractivity contribution in [3.63, 3.8) is 0 Å². The zero-order chi connectivity index (χ0) is 22.2. The van der Waals surface area contributed by atoms with E-state index in [4.69, 9.17) is 9.47 Å². The molecule has 1 fully saturated rings. The Labute approximate surface area is 176 Å². The first-order valence-electron chi connectivity index (χ1n) is 9.83. The van der Waals surface area contributed by atoms with Crippen LogP contribution in [-0.4, -0.2) is 49.1 Å². The van der Waals surface area contributed by atoms with Gasteiger partial charge in [-0.15, -0.1) is 0 Å². The van der Waals surface area contributed by atoms with Crippen LogP contribution in [0, 0.1) is 0 Å². The number of methoxy groups -OCH3 is 1. The van der Waals surface area contributed by atoms with E-state index in [2.05, 4.69) is 5.32 Å². The third kappa shape index (κ3) is 4.17. The molecule has 0 bridgehead atoms. The number of benzene rings is 2. The Balaban J connectivity index is 1.49. The van der Waals surface area contributed by atoms with Gasteiger partial charge in [-0.2, -0.15) is 13.2 Å². The number of fused-ring (bicyclic) bond motifs is 1. The molecule has 2 amide bonds. The molecule has 1 saturated heterocycles. The van der Waals surface area contributed by atoms with E-state index in [0.29, 0.717) is 43.0 Å². The third-order valence-corrected chi connectivity index (χ3v) is 5.73. The number of amides is 2. The first kappa shape index (κ1) is 21.0. The molecule has 0 aromatic heterocycles. The fraction of sp³-hybridized carbons (Fsp3) is 0.364. The van der Waals surface area contributed by atoms with E-state index in [0.717, 1.165) is 12.1 Å². The number of nitrogens with one attached hydrogen (secondary N) is 1. The second-order valence-electron chi connectivity index (χ2n) is 7.70. The van der Waals surface area contributed by atoms with Gasteiger partial charge in [0.05, 0.1) is 24.8 Å². The van der Waals surface area contributed by atoms with Crippen LogP contribution in [0.25, 0.3) is 0 Å². The highest BCUT2D eigenvalue weighted by Gasteiger charge is 2.41. The summed E-state index contributed by atoms with van der Waals surface area (Å²) in [4.78, 5) is 26.8. The second-order valence-corrected chi connectivity index (χ2v) is 7.70. The van der Waals surface area contributed by atoms with E-state index in [1.54, 1.807) is 18.2 Å². The molecule has 1 N–H and O–H groups in total. The zero-order valence-electron chi connectivity index (χ0n) is 16.8. The minimum absolute atomic E-state index is 0.00157. The molecule has 31 heavy (non-hydrogen) atoms. The number of piperidine rings is 1. The molecule has 4 rings (SSSR count). The first-order valence-corrected chi connectivity index (χ1v) is 9.83. The van der Waals surface area contributed by atoms with Crippen molar-refractivity contribution in [3.05, 3.63) is 59.2 Å². The van der Waals surface area contributed by atoms with Crippen molar-refractivity contribution in [1.82, 2.24) is 10.2 Å². The molecule has 0 aliphatic carbocycles. The molecule has 2 aromatic rings. The Morgan fingerprint density at radius 2 is 1.90 bits per heavy atom. The van der Waals surface area contributed by atoms with E-state index in [1.807, 2.05) is 0 Å². The third-order valence-electron chi connectivity index (χ3n) is 5.73. The van der Waals surface area contributed by atoms with Gasteiger partial charge in [-0.3, -0.25) is 9.59 Å². The number of halogens is 3. The monoisotopic (exact) mass is 434 g/mol. The molecule has 6 nitrogen and oxygen atoms in total. The fourth-order valence-corrected chi connectivity index (χ4v) is 3.92. The Bertz CT molecular complexity index is 1010. The molecular weight excluding hydrogens is 413 g/mol. The molecular formula is C22H21F3N2O4. The predicted molar refractivity (Wildman–Crippen MR) is 105 cm³/mol. The zero-order valence-corrected chi connectivity index (χ0v) is 16.8. The number of rotatable bonds is 2. The summed E-state index contributed by atoms with van der Waals surface area (Å²) in [7, 11) is 1.51. The molecule has 0 unspecified atom stereocenters. The Kier molecular flexibility index (Phi) is 5.28. The predicted octanol–water partition coefficient (Wildman–Crippen LogP) is 3.51. The average Bonchev–Trinajstić information content (AvgIpc) is 2.90. The summed E-state index contributed by atoms with van der Waals surface area (Å²) in [6, 6.07) is 9.42. The normalized spacial score (nSPS) is 17.9. The summed E-state index contributed by atoms with van der Waals surface area (Å²) < 4.78 is 50.3. The average molecular weight is 434 g/mol. The molecule has 9 heteroatoms. The summed E-state index contributed by atoms with van der Waals surface area (Å²) in [5.74, 6) is 0.250. The maximum Gasteiger partial charge on any atom is 0.416 e. The number of carbonyl (C=O) groups excluding carboxylic acids is 2. The Morgan fingerprint density at radius 3 is 2.58 bits per heavy atom. The standard InChI is InChI=1S/C22H21F3N2O4/c1-30-16-5-6-18-17(12-16)19(28)26-13-21(31-18)7-9-27(10-8-21)20(29)14-3-2-4-15(11-14)22(23,24)25/h2-6,11-12H,7-10,13H2,1H3,(H,26,28). The summed E-state index contributed by atoms with van der Waals surface area (Å²) in [6.45, 7) is 0.876. The highest BCUT2D eigenvalue weighted by Crippen LogP contribution is 2.35. The van der Waals surface area contributed by atoms with Crippen LogP contribution in [0.4, 0.5) is 13.2 Å². The van der Waals surface area contributed by atoms with Crippen molar-refractivity contribution >= 4 is 11.8 Å². The topological polar surface area (TPSA) is 67.9 Å². The highest BCUT2D eigenvalue weighted by molar-refractivity contribution is 5.98. The maximum atomic E-state index is 13.0. The Hall–Kier alpha value is -3.23. The fourth-order valence-electron chi connectivity index (χ4n) is 3.92. The first-order chi connectivity index (χ1) is 14.7. The molecule has 0 radical (unpaired) electrons. The number of hydrogen-bond donors (Lipinski definition) is 1. The van der Waals surface area contributed by atoms with E-state index in [1.165, 1.54) is 24.1 Å². The number of hydrogen-bond acceptors (Lipinski definition) is 4. The lowest BCUT2D eigenvalue weighted by Crippen LogP contribution is -2.54. The maximum absolute atomic E-state index is 13.0. The lowest BCUT2D eigenvalue weighted by atomic mass is 9.90. The summed E-state index contributed by atoms with van der Waals surface area (Å²) in [6.07, 6.45) is -3.64. The number of nitrogens with zero attached hydrogens (tertiary/aromatic N) is 1. The van der Waals surface area contributed by atoms with Gasteiger partial charge in [0.15, 0.2) is 0 Å². The van der Waals surface area contributed by atoms with Crippen LogP contribution < -0.4 is 14.8 Å². The van der Waals surface area contributed by atoms with Crippen LogP contribution >= 0.6 is 0 Å². The molecule has 2 aromatic carbocycles. The van der Waals surface area contributed by atoms with Crippen molar-refractivity contribution < 1.29 is 32.2 Å². The van der Waals surface area contributed by atoms with E-state index in [-0.39, 0.29) is 18.0 Å². The molecule has 2 heterocycles. The van der Waals surface area contributed by atoms with Crippen LogP contribution in [0.15, 0.2) is 42.5 Å². The van der Waals surface area contributed by atoms with Crippen LogP contribution in [0.1, 0.15) is 39.1 Å². The van der Waals surface area contributed by atoms with Crippen LogP contribution in [0.2, 0.25) is 0 Å². The summed E-state index contributed by atoms with van der Waals surface area (Å²) >= 11 is 0. The van der Waals surface area contributed by atoms with Gasteiger partial charge >= 0.3 is 6.18 Å². The smallest absolute Gasteiger partial charge is 0.416 e. The van der Waals surface area contributed by atoms with E-state index in [9.17, 15) is 22.8 Å². The number of alkyl halides is 3. The van der Waals surface area contributed by atoms with Crippen LogP contribution in [0.3, 0.4) is 0 Å². The van der Waals surface area contributed by atoms with Gasteiger partial charge in [0.25, 0.3) is 11.8 Å². The van der Waals surface area contributed by atoms with Gasteiger partial charge in [0, 0.05) is 31.5 Å². The van der Waals surface area contributed by atoms with Gasteiger partial charge in [-0.05, 0) is 36.4 Å². The molecule has 1 spiro atoms. The largest absolute Gasteiger partial charge is 0.497 e. The molecule has 2 aliphatic heterocycles. The van der Waals surface area contributed by atoms with Gasteiger partial charge < -0.3 is 19.7 Å². The quantitative estimate of drug-likeness (QED) is 0.786. The second kappa shape index (κ2) is 7.79. The Morgan fingerprint density at radius 1 is 1.16 bits per heavy atom. The molecule has 2 aliphatic rings. The van der Waals surface area contributed by atoms with Crippen molar-refractivity contribution in [2.75, 3.05) is 26.7 Å². The highest BCUT2D eigenvalue weighted by atomic mass is 19.4. The minimum atomic E-state index is -4.51.